The van der Waals surface area contributed by atoms with Crippen LogP contribution < -0.4 is 5.32 Å². The topological polar surface area (TPSA) is 40.7 Å². The second kappa shape index (κ2) is 4.79. The molecule has 2 N–H and O–H groups in total. The highest BCUT2D eigenvalue weighted by Gasteiger charge is 2.20. The minimum atomic E-state index is 0.192. The molecule has 0 fully saturated rings. The minimum absolute atomic E-state index is 0.192. The number of hydrogen-bond acceptors (Lipinski definition) is 2. The van der Waals surface area contributed by atoms with E-state index in [1.54, 1.807) is 0 Å². The SMILES string of the molecule is CCCC(C)(C)NC(C)c1cn[nH]c1C. The number of H-pyrrole nitrogens is 1. The minimum Gasteiger partial charge on any atom is -0.305 e. The Morgan fingerprint density at radius 1 is 1.53 bits per heavy atom. The van der Waals surface area contributed by atoms with Gasteiger partial charge in [-0.15, -0.1) is 0 Å². The van der Waals surface area contributed by atoms with E-state index >= 15 is 0 Å². The van der Waals surface area contributed by atoms with Crippen LogP contribution in [0, 0.1) is 6.92 Å². The molecule has 0 aromatic carbocycles. The van der Waals surface area contributed by atoms with Gasteiger partial charge in [-0.1, -0.05) is 13.3 Å². The lowest BCUT2D eigenvalue weighted by molar-refractivity contribution is 0.323. The van der Waals surface area contributed by atoms with Crippen LogP contribution in [0.2, 0.25) is 0 Å². The Balaban J connectivity index is 2.63. The molecule has 0 saturated carbocycles. The van der Waals surface area contributed by atoms with Gasteiger partial charge in [0.05, 0.1) is 6.20 Å². The monoisotopic (exact) mass is 209 g/mol. The van der Waals surface area contributed by atoms with Gasteiger partial charge >= 0.3 is 0 Å². The molecule has 1 atom stereocenters. The molecule has 0 radical (unpaired) electrons. The molecule has 1 aromatic rings. The molecule has 0 aliphatic carbocycles. The summed E-state index contributed by atoms with van der Waals surface area (Å²) >= 11 is 0. The molecule has 0 amide bonds. The number of aromatic nitrogens is 2. The molecular formula is C12H23N3. The van der Waals surface area contributed by atoms with Gasteiger partial charge in [0.25, 0.3) is 0 Å². The van der Waals surface area contributed by atoms with Crippen molar-refractivity contribution in [3.05, 3.63) is 17.5 Å². The number of rotatable bonds is 5. The first-order valence-corrected chi connectivity index (χ1v) is 5.74. The summed E-state index contributed by atoms with van der Waals surface area (Å²) in [6.45, 7) is 11.0. The summed E-state index contributed by atoms with van der Waals surface area (Å²) in [5, 5.41) is 10.7. The lowest BCUT2D eigenvalue weighted by Crippen LogP contribution is -2.40. The fourth-order valence-electron chi connectivity index (χ4n) is 2.16. The molecule has 3 nitrogen and oxygen atoms in total. The van der Waals surface area contributed by atoms with Crippen molar-refractivity contribution in [1.82, 2.24) is 15.5 Å². The Kier molecular flexibility index (Phi) is 3.91. The third-order valence-electron chi connectivity index (χ3n) is 2.82. The van der Waals surface area contributed by atoms with Crippen LogP contribution in [-0.4, -0.2) is 15.7 Å². The summed E-state index contributed by atoms with van der Waals surface area (Å²) in [4.78, 5) is 0. The van der Waals surface area contributed by atoms with Crippen LogP contribution in [0.5, 0.6) is 0 Å². The molecule has 0 bridgehead atoms. The highest BCUT2D eigenvalue weighted by Crippen LogP contribution is 2.20. The maximum Gasteiger partial charge on any atom is 0.0537 e. The van der Waals surface area contributed by atoms with Crippen molar-refractivity contribution in [2.75, 3.05) is 0 Å². The Morgan fingerprint density at radius 2 is 2.20 bits per heavy atom. The van der Waals surface area contributed by atoms with E-state index in [2.05, 4.69) is 50.1 Å². The van der Waals surface area contributed by atoms with Crippen LogP contribution in [0.25, 0.3) is 0 Å². The molecule has 1 unspecified atom stereocenters. The van der Waals surface area contributed by atoms with Crippen LogP contribution in [0.3, 0.4) is 0 Å². The second-order valence-electron chi connectivity index (χ2n) is 4.95. The molecular weight excluding hydrogens is 186 g/mol. The highest BCUT2D eigenvalue weighted by molar-refractivity contribution is 5.18. The van der Waals surface area contributed by atoms with Crippen LogP contribution in [0.1, 0.15) is 57.8 Å². The summed E-state index contributed by atoms with van der Waals surface area (Å²) in [7, 11) is 0. The van der Waals surface area contributed by atoms with E-state index in [9.17, 15) is 0 Å². The molecule has 86 valence electrons. The van der Waals surface area contributed by atoms with E-state index in [1.807, 2.05) is 6.20 Å². The van der Waals surface area contributed by atoms with E-state index in [0.29, 0.717) is 6.04 Å². The van der Waals surface area contributed by atoms with Crippen LogP contribution >= 0.6 is 0 Å². The molecule has 3 heteroatoms. The van der Waals surface area contributed by atoms with Gasteiger partial charge in [-0.3, -0.25) is 5.10 Å². The zero-order chi connectivity index (χ0) is 11.5. The summed E-state index contributed by atoms with van der Waals surface area (Å²) in [5.74, 6) is 0. The van der Waals surface area contributed by atoms with Crippen molar-refractivity contribution in [3.63, 3.8) is 0 Å². The van der Waals surface area contributed by atoms with E-state index in [0.717, 1.165) is 5.69 Å². The smallest absolute Gasteiger partial charge is 0.0537 e. The Labute approximate surface area is 92.7 Å². The van der Waals surface area contributed by atoms with Crippen molar-refractivity contribution < 1.29 is 0 Å². The van der Waals surface area contributed by atoms with Gasteiger partial charge in [0, 0.05) is 22.8 Å². The van der Waals surface area contributed by atoms with E-state index in [-0.39, 0.29) is 5.54 Å². The first-order valence-electron chi connectivity index (χ1n) is 5.74. The Morgan fingerprint density at radius 3 is 2.67 bits per heavy atom. The maximum atomic E-state index is 4.05. The lowest BCUT2D eigenvalue weighted by atomic mass is 9.96. The van der Waals surface area contributed by atoms with Crippen LogP contribution in [-0.2, 0) is 0 Å². The quantitative estimate of drug-likeness (QED) is 0.782. The fraction of sp³-hybridized carbons (Fsp3) is 0.750. The zero-order valence-corrected chi connectivity index (χ0v) is 10.5. The van der Waals surface area contributed by atoms with Crippen molar-refractivity contribution in [2.45, 2.75) is 59.0 Å². The highest BCUT2D eigenvalue weighted by atomic mass is 15.1. The molecule has 15 heavy (non-hydrogen) atoms. The average Bonchev–Trinajstić information content (AvgIpc) is 2.50. The molecule has 1 heterocycles. The number of hydrogen-bond donors (Lipinski definition) is 2. The molecule has 0 spiro atoms. The Bertz CT molecular complexity index is 302. The maximum absolute atomic E-state index is 4.05. The number of nitrogens with one attached hydrogen (secondary N) is 2. The van der Waals surface area contributed by atoms with Crippen molar-refractivity contribution in [1.29, 1.82) is 0 Å². The standard InChI is InChI=1S/C12H23N3/c1-6-7-12(4,5)14-9(2)11-8-13-15-10(11)3/h8-9,14H,6-7H2,1-5H3,(H,13,15). The normalized spacial score (nSPS) is 14.2. The molecule has 0 aliphatic heterocycles. The predicted molar refractivity (Wildman–Crippen MR) is 63.9 cm³/mol. The second-order valence-corrected chi connectivity index (χ2v) is 4.95. The zero-order valence-electron chi connectivity index (χ0n) is 10.5. The largest absolute Gasteiger partial charge is 0.305 e. The van der Waals surface area contributed by atoms with Gasteiger partial charge in [-0.2, -0.15) is 5.10 Å². The van der Waals surface area contributed by atoms with Crippen LogP contribution in [0.4, 0.5) is 0 Å². The van der Waals surface area contributed by atoms with Crippen LogP contribution in [0.15, 0.2) is 6.20 Å². The number of nitrogens with zero attached hydrogens (tertiary/aromatic N) is 1. The molecule has 0 saturated heterocycles. The van der Waals surface area contributed by atoms with Crippen molar-refractivity contribution in [2.24, 2.45) is 0 Å². The molecule has 1 rings (SSSR count). The first-order chi connectivity index (χ1) is 6.96. The van der Waals surface area contributed by atoms with Gasteiger partial charge in [-0.05, 0) is 34.1 Å². The van der Waals surface area contributed by atoms with E-state index in [4.69, 9.17) is 0 Å². The van der Waals surface area contributed by atoms with E-state index in [1.165, 1.54) is 18.4 Å². The summed E-state index contributed by atoms with van der Waals surface area (Å²) in [5.41, 5.74) is 2.61. The first kappa shape index (κ1) is 12.2. The van der Waals surface area contributed by atoms with Gasteiger partial charge in [0.15, 0.2) is 0 Å². The summed E-state index contributed by atoms with van der Waals surface area (Å²) in [6, 6.07) is 0.352. The van der Waals surface area contributed by atoms with Crippen molar-refractivity contribution in [3.8, 4) is 0 Å². The molecule has 1 aromatic heterocycles. The summed E-state index contributed by atoms with van der Waals surface area (Å²) < 4.78 is 0. The van der Waals surface area contributed by atoms with Gasteiger partial charge in [0.1, 0.15) is 0 Å². The van der Waals surface area contributed by atoms with Gasteiger partial charge in [-0.25, -0.2) is 0 Å². The van der Waals surface area contributed by atoms with E-state index < -0.39 is 0 Å². The lowest BCUT2D eigenvalue weighted by Gasteiger charge is -2.30. The molecule has 0 aliphatic rings. The van der Waals surface area contributed by atoms with Gasteiger partial charge in [0.2, 0.25) is 0 Å². The number of aryl methyl sites for hydroxylation is 1. The fourth-order valence-corrected chi connectivity index (χ4v) is 2.16. The van der Waals surface area contributed by atoms with Gasteiger partial charge < -0.3 is 5.32 Å². The Hall–Kier alpha value is -0.830. The summed E-state index contributed by atoms with van der Waals surface area (Å²) in [6.07, 6.45) is 4.31. The predicted octanol–water partition coefficient (Wildman–Crippen LogP) is 2.95. The van der Waals surface area contributed by atoms with Crippen molar-refractivity contribution >= 4 is 0 Å². The third-order valence-corrected chi connectivity index (χ3v) is 2.82. The third kappa shape index (κ3) is 3.34. The number of aromatic amines is 1. The average molecular weight is 209 g/mol.